The first-order valence-electron chi connectivity index (χ1n) is 5.40. The molecule has 0 unspecified atom stereocenters. The van der Waals surface area contributed by atoms with Gasteiger partial charge in [-0.1, -0.05) is 6.07 Å². The molecule has 0 bridgehead atoms. The van der Waals surface area contributed by atoms with E-state index in [0.717, 1.165) is 15.7 Å². The highest BCUT2D eigenvalue weighted by molar-refractivity contribution is 9.10. The maximum atomic E-state index is 13.2. The van der Waals surface area contributed by atoms with Crippen LogP contribution in [0, 0.1) is 12.7 Å². The van der Waals surface area contributed by atoms with E-state index in [1.54, 1.807) is 17.2 Å². The Morgan fingerprint density at radius 2 is 2.11 bits per heavy atom. The Hall–Kier alpha value is -1.62. The van der Waals surface area contributed by atoms with Crippen molar-refractivity contribution in [2.45, 2.75) is 6.92 Å². The number of halogens is 2. The van der Waals surface area contributed by atoms with Crippen LogP contribution in [0.25, 0.3) is 0 Å². The Morgan fingerprint density at radius 1 is 1.39 bits per heavy atom. The van der Waals surface area contributed by atoms with Gasteiger partial charge in [0, 0.05) is 12.7 Å². The number of nitrogens with zero attached hydrogens (tertiary/aromatic N) is 2. The van der Waals surface area contributed by atoms with Crippen LogP contribution >= 0.6 is 15.9 Å². The van der Waals surface area contributed by atoms with Crippen LogP contribution in [0.4, 0.5) is 21.6 Å². The maximum absolute atomic E-state index is 13.2. The van der Waals surface area contributed by atoms with Gasteiger partial charge in [0.05, 0.1) is 16.4 Å². The molecule has 0 fully saturated rings. The summed E-state index contributed by atoms with van der Waals surface area (Å²) in [6.45, 7) is 1.91. The summed E-state index contributed by atoms with van der Waals surface area (Å²) >= 11 is 3.47. The van der Waals surface area contributed by atoms with Crippen LogP contribution in [0.3, 0.4) is 0 Å². The molecule has 2 aromatic rings. The van der Waals surface area contributed by atoms with Crippen LogP contribution in [-0.4, -0.2) is 12.0 Å². The summed E-state index contributed by atoms with van der Waals surface area (Å²) in [5, 5.41) is 0. The molecule has 0 saturated heterocycles. The third-order valence-corrected chi connectivity index (χ3v) is 3.75. The summed E-state index contributed by atoms with van der Waals surface area (Å²) in [6, 6.07) is 6.36. The zero-order valence-electron chi connectivity index (χ0n) is 10.1. The molecule has 0 aliphatic rings. The lowest BCUT2D eigenvalue weighted by Gasteiger charge is -2.21. The molecule has 0 aliphatic carbocycles. The van der Waals surface area contributed by atoms with Gasteiger partial charge in [-0.05, 0) is 46.6 Å². The Kier molecular flexibility index (Phi) is 3.52. The molecule has 0 saturated carbocycles. The van der Waals surface area contributed by atoms with E-state index in [-0.39, 0.29) is 5.82 Å². The standard InChI is InChI=1S/C13H13BrFN3/c1-8-11(16)7-17-13(12(8)14)18(2)10-5-3-4-9(15)6-10/h3-7H,16H2,1-2H3. The van der Waals surface area contributed by atoms with Gasteiger partial charge in [0.2, 0.25) is 0 Å². The van der Waals surface area contributed by atoms with E-state index in [9.17, 15) is 4.39 Å². The van der Waals surface area contributed by atoms with Crippen LogP contribution < -0.4 is 10.6 Å². The Balaban J connectivity index is 2.46. The van der Waals surface area contributed by atoms with Crippen LogP contribution in [0.1, 0.15) is 5.56 Å². The van der Waals surface area contributed by atoms with Crippen molar-refractivity contribution in [3.63, 3.8) is 0 Å². The van der Waals surface area contributed by atoms with Crippen molar-refractivity contribution in [2.24, 2.45) is 0 Å². The van der Waals surface area contributed by atoms with E-state index in [2.05, 4.69) is 20.9 Å². The van der Waals surface area contributed by atoms with Crippen molar-refractivity contribution in [1.82, 2.24) is 4.98 Å². The molecule has 1 aromatic heterocycles. The van der Waals surface area contributed by atoms with Gasteiger partial charge in [0.1, 0.15) is 11.6 Å². The lowest BCUT2D eigenvalue weighted by Crippen LogP contribution is -2.13. The molecule has 1 aromatic carbocycles. The Labute approximate surface area is 114 Å². The van der Waals surface area contributed by atoms with E-state index < -0.39 is 0 Å². The van der Waals surface area contributed by atoms with Gasteiger partial charge < -0.3 is 10.6 Å². The fourth-order valence-corrected chi connectivity index (χ4v) is 2.22. The van der Waals surface area contributed by atoms with E-state index in [1.807, 2.05) is 20.0 Å². The van der Waals surface area contributed by atoms with Crippen molar-refractivity contribution in [1.29, 1.82) is 0 Å². The molecular weight excluding hydrogens is 297 g/mol. The molecule has 0 radical (unpaired) electrons. The molecular formula is C13H13BrFN3. The summed E-state index contributed by atoms with van der Waals surface area (Å²) in [5.41, 5.74) is 8.05. The average molecular weight is 310 g/mol. The largest absolute Gasteiger partial charge is 0.397 e. The van der Waals surface area contributed by atoms with Gasteiger partial charge in [-0.25, -0.2) is 9.37 Å². The topological polar surface area (TPSA) is 42.1 Å². The van der Waals surface area contributed by atoms with Crippen molar-refractivity contribution in [3.05, 3.63) is 46.3 Å². The summed E-state index contributed by atoms with van der Waals surface area (Å²) in [5.74, 6) is 0.426. The van der Waals surface area contributed by atoms with E-state index >= 15 is 0 Å². The second-order valence-electron chi connectivity index (χ2n) is 4.02. The quantitative estimate of drug-likeness (QED) is 0.921. The number of pyridine rings is 1. The highest BCUT2D eigenvalue weighted by Crippen LogP contribution is 2.33. The first kappa shape index (κ1) is 12.8. The third kappa shape index (κ3) is 2.31. The predicted molar refractivity (Wildman–Crippen MR) is 75.5 cm³/mol. The van der Waals surface area contributed by atoms with E-state index in [4.69, 9.17) is 5.73 Å². The molecule has 18 heavy (non-hydrogen) atoms. The second kappa shape index (κ2) is 4.94. The van der Waals surface area contributed by atoms with Crippen LogP contribution in [0.5, 0.6) is 0 Å². The number of hydrogen-bond acceptors (Lipinski definition) is 3. The minimum Gasteiger partial charge on any atom is -0.397 e. The van der Waals surface area contributed by atoms with Crippen molar-refractivity contribution >= 4 is 33.1 Å². The average Bonchev–Trinajstić information content (AvgIpc) is 2.35. The number of nitrogens with two attached hydrogens (primary N) is 1. The fourth-order valence-electron chi connectivity index (χ4n) is 1.62. The first-order valence-corrected chi connectivity index (χ1v) is 6.20. The van der Waals surface area contributed by atoms with Gasteiger partial charge in [-0.3, -0.25) is 0 Å². The van der Waals surface area contributed by atoms with Crippen molar-refractivity contribution < 1.29 is 4.39 Å². The second-order valence-corrected chi connectivity index (χ2v) is 4.81. The monoisotopic (exact) mass is 309 g/mol. The minimum atomic E-state index is -0.275. The minimum absolute atomic E-state index is 0.275. The van der Waals surface area contributed by atoms with E-state index in [1.165, 1.54) is 12.1 Å². The summed E-state index contributed by atoms with van der Waals surface area (Å²) in [6.07, 6.45) is 1.60. The van der Waals surface area contributed by atoms with Gasteiger partial charge in [0.25, 0.3) is 0 Å². The number of anilines is 3. The van der Waals surface area contributed by atoms with Crippen LogP contribution in [0.2, 0.25) is 0 Å². The number of rotatable bonds is 2. The molecule has 0 aliphatic heterocycles. The van der Waals surface area contributed by atoms with Gasteiger partial charge in [0.15, 0.2) is 0 Å². The third-order valence-electron chi connectivity index (χ3n) is 2.80. The normalized spacial score (nSPS) is 10.4. The zero-order valence-corrected chi connectivity index (χ0v) is 11.7. The number of nitrogen functional groups attached to an aromatic ring is 1. The highest BCUT2D eigenvalue weighted by atomic mass is 79.9. The lowest BCUT2D eigenvalue weighted by molar-refractivity contribution is 0.628. The molecule has 5 heteroatoms. The molecule has 3 nitrogen and oxygen atoms in total. The number of aromatic nitrogens is 1. The molecule has 0 spiro atoms. The summed E-state index contributed by atoms with van der Waals surface area (Å²) in [7, 11) is 1.83. The molecule has 94 valence electrons. The predicted octanol–water partition coefficient (Wildman–Crippen LogP) is 3.64. The van der Waals surface area contributed by atoms with Crippen LogP contribution in [-0.2, 0) is 0 Å². The van der Waals surface area contributed by atoms with E-state index in [0.29, 0.717) is 11.5 Å². The molecule has 0 atom stereocenters. The molecule has 1 heterocycles. The number of hydrogen-bond donors (Lipinski definition) is 1. The zero-order chi connectivity index (χ0) is 13.3. The van der Waals surface area contributed by atoms with Gasteiger partial charge in [-0.2, -0.15) is 0 Å². The van der Waals surface area contributed by atoms with Crippen LogP contribution in [0.15, 0.2) is 34.9 Å². The molecule has 2 N–H and O–H groups in total. The summed E-state index contributed by atoms with van der Waals surface area (Å²) < 4.78 is 14.0. The first-order chi connectivity index (χ1) is 8.50. The van der Waals surface area contributed by atoms with Gasteiger partial charge >= 0.3 is 0 Å². The van der Waals surface area contributed by atoms with Crippen molar-refractivity contribution in [3.8, 4) is 0 Å². The SMILES string of the molecule is Cc1c(N)cnc(N(C)c2cccc(F)c2)c1Br. The molecule has 0 amide bonds. The lowest BCUT2D eigenvalue weighted by atomic mass is 10.2. The Morgan fingerprint density at radius 3 is 2.78 bits per heavy atom. The van der Waals surface area contributed by atoms with Crippen molar-refractivity contribution in [2.75, 3.05) is 17.7 Å². The molecule has 2 rings (SSSR count). The summed E-state index contributed by atoms with van der Waals surface area (Å²) in [4.78, 5) is 6.08. The fraction of sp³-hybridized carbons (Fsp3) is 0.154. The Bertz CT molecular complexity index is 586. The maximum Gasteiger partial charge on any atom is 0.147 e. The number of benzene rings is 1. The smallest absolute Gasteiger partial charge is 0.147 e. The van der Waals surface area contributed by atoms with Gasteiger partial charge in [-0.15, -0.1) is 0 Å². The highest BCUT2D eigenvalue weighted by Gasteiger charge is 2.13.